The van der Waals surface area contributed by atoms with Gasteiger partial charge in [0.1, 0.15) is 0 Å². The first-order chi connectivity index (χ1) is 10.7. The summed E-state index contributed by atoms with van der Waals surface area (Å²) in [5.41, 5.74) is 3.16. The fourth-order valence-electron chi connectivity index (χ4n) is 2.98. The van der Waals surface area contributed by atoms with E-state index in [1.54, 1.807) is 6.07 Å². The number of tetrazole rings is 1. The van der Waals surface area contributed by atoms with Gasteiger partial charge >= 0.3 is 0 Å². The molecule has 7 heteroatoms. The van der Waals surface area contributed by atoms with Gasteiger partial charge in [0.15, 0.2) is 0 Å². The normalized spacial score (nSPS) is 12.6. The van der Waals surface area contributed by atoms with Gasteiger partial charge in [-0.15, -0.1) is 5.10 Å². The number of aromatic nitrogens is 4. The van der Waals surface area contributed by atoms with Gasteiger partial charge in [-0.1, -0.05) is 52.7 Å². The number of hydrogen-bond acceptors (Lipinski definition) is 5. The van der Waals surface area contributed by atoms with Crippen molar-refractivity contribution in [2.75, 3.05) is 0 Å². The maximum Gasteiger partial charge on any atom is 0.293 e. The molecule has 0 radical (unpaired) electrons. The average molecular weight is 336 g/mol. The molecule has 6 nitrogen and oxygen atoms in total. The second-order valence-electron chi connectivity index (χ2n) is 6.64. The smallest absolute Gasteiger partial charge is 0.215 e. The third-order valence-corrected chi connectivity index (χ3v) is 5.50. The number of sulfone groups is 1. The minimum Gasteiger partial charge on any atom is -0.215 e. The molecule has 0 aliphatic carbocycles. The molecule has 2 rings (SSSR count). The van der Waals surface area contributed by atoms with E-state index in [2.05, 4.69) is 48.3 Å². The van der Waals surface area contributed by atoms with Crippen molar-refractivity contribution in [3.8, 4) is 0 Å². The lowest BCUT2D eigenvalue weighted by molar-refractivity contribution is 0.583. The van der Waals surface area contributed by atoms with Crippen LogP contribution in [0, 0.1) is 0 Å². The largest absolute Gasteiger partial charge is 0.293 e. The maximum atomic E-state index is 12.9. The van der Waals surface area contributed by atoms with E-state index in [1.165, 1.54) is 5.56 Å². The second kappa shape index (κ2) is 6.39. The highest BCUT2D eigenvalue weighted by atomic mass is 32.2. The van der Waals surface area contributed by atoms with E-state index in [0.717, 1.165) is 11.1 Å². The number of aromatic amines is 1. The van der Waals surface area contributed by atoms with Gasteiger partial charge < -0.3 is 0 Å². The number of nitrogens with one attached hydrogen (secondary N) is 1. The van der Waals surface area contributed by atoms with Crippen LogP contribution in [0.1, 0.15) is 76.0 Å². The Morgan fingerprint density at radius 3 is 1.96 bits per heavy atom. The van der Waals surface area contributed by atoms with Crippen LogP contribution in [0.4, 0.5) is 0 Å². The number of rotatable bonds is 5. The van der Waals surface area contributed by atoms with Crippen molar-refractivity contribution in [3.63, 3.8) is 0 Å². The van der Waals surface area contributed by atoms with Gasteiger partial charge in [0.05, 0.1) is 4.90 Å². The summed E-state index contributed by atoms with van der Waals surface area (Å²) in [7, 11) is -3.79. The minimum absolute atomic E-state index is 0.0720. The highest BCUT2D eigenvalue weighted by molar-refractivity contribution is 7.91. The molecule has 1 N–H and O–H groups in total. The second-order valence-corrected chi connectivity index (χ2v) is 8.45. The summed E-state index contributed by atoms with van der Waals surface area (Å²) in [5.74, 6) is 0.625. The van der Waals surface area contributed by atoms with Crippen LogP contribution in [0.2, 0.25) is 0 Å². The van der Waals surface area contributed by atoms with Crippen LogP contribution >= 0.6 is 0 Å². The first-order valence-electron chi connectivity index (χ1n) is 7.83. The predicted octanol–water partition coefficient (Wildman–Crippen LogP) is 3.40. The molecule has 1 heterocycles. The molecule has 1 aromatic carbocycles. The highest BCUT2D eigenvalue weighted by Crippen LogP contribution is 2.38. The summed E-state index contributed by atoms with van der Waals surface area (Å²) in [5, 5.41) is 12.6. The Morgan fingerprint density at radius 1 is 0.913 bits per heavy atom. The fraction of sp³-hybridized carbons (Fsp3) is 0.562. The molecule has 126 valence electrons. The number of nitrogens with zero attached hydrogens (tertiary/aromatic N) is 3. The van der Waals surface area contributed by atoms with Crippen LogP contribution in [0.15, 0.2) is 22.2 Å². The van der Waals surface area contributed by atoms with Gasteiger partial charge in [-0.3, -0.25) is 0 Å². The van der Waals surface area contributed by atoms with Gasteiger partial charge in [-0.25, -0.2) is 8.42 Å². The Morgan fingerprint density at radius 2 is 1.52 bits per heavy atom. The maximum absolute atomic E-state index is 12.9. The van der Waals surface area contributed by atoms with Crippen molar-refractivity contribution in [1.29, 1.82) is 0 Å². The monoisotopic (exact) mass is 336 g/mol. The van der Waals surface area contributed by atoms with Gasteiger partial charge in [0.25, 0.3) is 5.16 Å². The quantitative estimate of drug-likeness (QED) is 0.904. The molecule has 0 saturated carbocycles. The number of benzene rings is 1. The summed E-state index contributed by atoms with van der Waals surface area (Å²) in [6, 6.07) is 3.60. The van der Waals surface area contributed by atoms with Crippen LogP contribution in [0.25, 0.3) is 0 Å². The molecule has 0 aliphatic heterocycles. The van der Waals surface area contributed by atoms with Crippen LogP contribution < -0.4 is 0 Å². The van der Waals surface area contributed by atoms with Gasteiger partial charge in [0, 0.05) is 0 Å². The molecule has 23 heavy (non-hydrogen) atoms. The van der Waals surface area contributed by atoms with E-state index < -0.39 is 9.84 Å². The molecular weight excluding hydrogens is 312 g/mol. The predicted molar refractivity (Wildman–Crippen MR) is 88.3 cm³/mol. The first-order valence-corrected chi connectivity index (χ1v) is 9.31. The number of H-pyrrole nitrogens is 1. The zero-order chi connectivity index (χ0) is 17.4. The van der Waals surface area contributed by atoms with Crippen LogP contribution in [0.3, 0.4) is 0 Å². The van der Waals surface area contributed by atoms with E-state index in [9.17, 15) is 8.42 Å². The lowest BCUT2D eigenvalue weighted by Crippen LogP contribution is -2.14. The highest BCUT2D eigenvalue weighted by Gasteiger charge is 2.30. The molecule has 0 spiro atoms. The molecule has 0 fully saturated rings. The summed E-state index contributed by atoms with van der Waals surface area (Å²) < 4.78 is 25.8. The molecule has 2 aromatic rings. The lowest BCUT2D eigenvalue weighted by atomic mass is 9.83. The summed E-state index contributed by atoms with van der Waals surface area (Å²) in [6.45, 7) is 12.5. The third-order valence-electron chi connectivity index (χ3n) is 3.91. The summed E-state index contributed by atoms with van der Waals surface area (Å²) in [6.07, 6.45) is 0. The van der Waals surface area contributed by atoms with Crippen molar-refractivity contribution in [1.82, 2.24) is 20.6 Å². The standard InChI is InChI=1S/C16H24N4O2S/c1-9(2)12-7-8-13(15(11(5)6)14(12)10(3)4)23(21,22)16-17-19-20-18-16/h7-11H,1-6H3,(H,17,18,19,20). The minimum atomic E-state index is -3.79. The zero-order valence-electron chi connectivity index (χ0n) is 14.5. The van der Waals surface area contributed by atoms with Crippen molar-refractivity contribution in [2.24, 2.45) is 0 Å². The topological polar surface area (TPSA) is 88.6 Å². The Bertz CT molecular complexity index is 779. The molecule has 0 aliphatic rings. The Labute approximate surface area is 137 Å². The Balaban J connectivity index is 2.83. The molecule has 0 bridgehead atoms. The number of hydrogen-bond donors (Lipinski definition) is 1. The van der Waals surface area contributed by atoms with Crippen molar-refractivity contribution >= 4 is 9.84 Å². The lowest BCUT2D eigenvalue weighted by Gasteiger charge is -2.24. The van der Waals surface area contributed by atoms with Crippen molar-refractivity contribution < 1.29 is 8.42 Å². The van der Waals surface area contributed by atoms with Gasteiger partial charge in [0.2, 0.25) is 9.84 Å². The van der Waals surface area contributed by atoms with E-state index in [0.29, 0.717) is 5.92 Å². The van der Waals surface area contributed by atoms with Crippen molar-refractivity contribution in [3.05, 3.63) is 28.8 Å². The molecule has 0 unspecified atom stereocenters. The van der Waals surface area contributed by atoms with Gasteiger partial charge in [-0.2, -0.15) is 5.21 Å². The van der Waals surface area contributed by atoms with Crippen LogP contribution in [0.5, 0.6) is 0 Å². The van der Waals surface area contributed by atoms with E-state index >= 15 is 0 Å². The Hall–Kier alpha value is -1.76. The molecule has 0 amide bonds. The zero-order valence-corrected chi connectivity index (χ0v) is 15.3. The first kappa shape index (κ1) is 17.6. The van der Waals surface area contributed by atoms with E-state index in [1.807, 2.05) is 19.9 Å². The van der Waals surface area contributed by atoms with Crippen molar-refractivity contribution in [2.45, 2.75) is 69.3 Å². The molecule has 1 aromatic heterocycles. The summed E-state index contributed by atoms with van der Waals surface area (Å²) >= 11 is 0. The molecule has 0 saturated heterocycles. The third kappa shape index (κ3) is 3.15. The fourth-order valence-corrected chi connectivity index (χ4v) is 4.36. The molecular formula is C16H24N4O2S. The average Bonchev–Trinajstić information content (AvgIpc) is 3.00. The van der Waals surface area contributed by atoms with E-state index in [4.69, 9.17) is 0 Å². The van der Waals surface area contributed by atoms with E-state index in [-0.39, 0.29) is 21.9 Å². The Kier molecular flexibility index (Phi) is 4.89. The van der Waals surface area contributed by atoms with Crippen LogP contribution in [-0.4, -0.2) is 29.0 Å². The van der Waals surface area contributed by atoms with Gasteiger partial charge in [-0.05, 0) is 45.7 Å². The summed E-state index contributed by atoms with van der Waals surface area (Å²) in [4.78, 5) is 0.280. The van der Waals surface area contributed by atoms with Crippen LogP contribution in [-0.2, 0) is 9.84 Å². The SMILES string of the molecule is CC(C)c1ccc(S(=O)(=O)c2nn[nH]n2)c(C(C)C)c1C(C)C. The molecule has 0 atom stereocenters.